The van der Waals surface area contributed by atoms with Crippen molar-refractivity contribution in [2.75, 3.05) is 0 Å². The number of hydrogen-bond acceptors (Lipinski definition) is 5. The Morgan fingerprint density at radius 2 is 1.78 bits per heavy atom. The zero-order valence-corrected chi connectivity index (χ0v) is 16.2. The van der Waals surface area contributed by atoms with Crippen molar-refractivity contribution >= 4 is 16.7 Å². The molecule has 6 nitrogen and oxygen atoms in total. The number of rotatable bonds is 3. The van der Waals surface area contributed by atoms with Crippen molar-refractivity contribution in [2.45, 2.75) is 19.0 Å². The third-order valence-electron chi connectivity index (χ3n) is 4.98. The number of aryl methyl sites for hydroxylation is 1. The molecule has 162 valence electrons. The van der Waals surface area contributed by atoms with Crippen molar-refractivity contribution in [3.8, 4) is 22.7 Å². The number of alkyl halides is 5. The molecule has 0 saturated heterocycles. The van der Waals surface area contributed by atoms with E-state index in [-0.39, 0.29) is 28.4 Å². The summed E-state index contributed by atoms with van der Waals surface area (Å²) in [4.78, 5) is 8.01. The molecule has 4 heterocycles. The molecule has 0 unspecified atom stereocenters. The van der Waals surface area contributed by atoms with Gasteiger partial charge in [0.25, 0.3) is 5.89 Å². The largest absolute Gasteiger partial charge is 0.459 e. The van der Waals surface area contributed by atoms with E-state index in [1.807, 2.05) is 0 Å². The molecular formula is C21H12F5N5O. The molecule has 0 aliphatic rings. The van der Waals surface area contributed by atoms with Gasteiger partial charge in [0, 0.05) is 11.6 Å². The van der Waals surface area contributed by atoms with E-state index in [2.05, 4.69) is 20.2 Å². The summed E-state index contributed by atoms with van der Waals surface area (Å²) >= 11 is 0. The van der Waals surface area contributed by atoms with Gasteiger partial charge in [0.1, 0.15) is 22.7 Å². The molecule has 0 aliphatic carbocycles. The SMILES string of the molecule is Cc1cccc(-c2cc(C(F)(F)C(F)(F)F)nc3c2ccc2nc(-c4nnco4)cn23)c1. The number of aromatic nitrogens is 5. The van der Waals surface area contributed by atoms with Gasteiger partial charge in [-0.05, 0) is 36.2 Å². The summed E-state index contributed by atoms with van der Waals surface area (Å²) in [6, 6.07) is 10.8. The molecule has 0 radical (unpaired) electrons. The maximum absolute atomic E-state index is 14.3. The van der Waals surface area contributed by atoms with Gasteiger partial charge in [0.05, 0.1) is 0 Å². The lowest BCUT2D eigenvalue weighted by Gasteiger charge is -2.21. The van der Waals surface area contributed by atoms with Crippen LogP contribution in [0.25, 0.3) is 39.4 Å². The van der Waals surface area contributed by atoms with Gasteiger partial charge in [-0.25, -0.2) is 9.97 Å². The van der Waals surface area contributed by atoms with Crippen molar-refractivity contribution in [2.24, 2.45) is 0 Å². The van der Waals surface area contributed by atoms with Crippen LogP contribution in [0.5, 0.6) is 0 Å². The molecule has 0 N–H and O–H groups in total. The average Bonchev–Trinajstić information content (AvgIpc) is 3.41. The lowest BCUT2D eigenvalue weighted by molar-refractivity contribution is -0.290. The number of benzene rings is 1. The fraction of sp³-hybridized carbons (Fsp3) is 0.143. The number of halogens is 5. The van der Waals surface area contributed by atoms with E-state index in [0.29, 0.717) is 10.9 Å². The molecule has 0 saturated carbocycles. The second-order valence-corrected chi connectivity index (χ2v) is 7.17. The lowest BCUT2D eigenvalue weighted by atomic mass is 9.98. The van der Waals surface area contributed by atoms with Crippen molar-refractivity contribution in [3.05, 3.63) is 66.3 Å². The van der Waals surface area contributed by atoms with Crippen LogP contribution in [-0.2, 0) is 5.92 Å². The number of hydrogen-bond donors (Lipinski definition) is 0. The normalized spacial score (nSPS) is 12.7. The Morgan fingerprint density at radius 3 is 2.47 bits per heavy atom. The van der Waals surface area contributed by atoms with Gasteiger partial charge in [-0.2, -0.15) is 22.0 Å². The van der Waals surface area contributed by atoms with Crippen LogP contribution < -0.4 is 0 Å². The Labute approximate surface area is 176 Å². The second kappa shape index (κ2) is 6.81. The molecule has 0 fully saturated rings. The minimum Gasteiger partial charge on any atom is -0.422 e. The van der Waals surface area contributed by atoms with E-state index in [1.165, 1.54) is 10.6 Å². The quantitative estimate of drug-likeness (QED) is 0.340. The van der Waals surface area contributed by atoms with Gasteiger partial charge in [-0.3, -0.25) is 4.40 Å². The van der Waals surface area contributed by atoms with Gasteiger partial charge < -0.3 is 4.42 Å². The lowest BCUT2D eigenvalue weighted by Crippen LogP contribution is -2.34. The van der Waals surface area contributed by atoms with Gasteiger partial charge in [-0.1, -0.05) is 29.8 Å². The summed E-state index contributed by atoms with van der Waals surface area (Å²) in [5.74, 6) is -5.09. The number of pyridine rings is 2. The first-order valence-corrected chi connectivity index (χ1v) is 9.26. The van der Waals surface area contributed by atoms with Crippen LogP contribution in [0.15, 0.2) is 59.5 Å². The van der Waals surface area contributed by atoms with Crippen molar-refractivity contribution < 1.29 is 26.4 Å². The second-order valence-electron chi connectivity index (χ2n) is 7.17. The number of imidazole rings is 1. The van der Waals surface area contributed by atoms with E-state index in [9.17, 15) is 22.0 Å². The molecule has 0 atom stereocenters. The van der Waals surface area contributed by atoms with E-state index in [0.717, 1.165) is 18.0 Å². The summed E-state index contributed by atoms with van der Waals surface area (Å²) < 4.78 is 74.7. The Hall–Kier alpha value is -3.89. The number of fused-ring (bicyclic) bond motifs is 3. The Kier molecular flexibility index (Phi) is 4.26. The predicted octanol–water partition coefficient (Wildman–Crippen LogP) is 5.56. The molecule has 5 rings (SSSR count). The molecule has 5 aromatic rings. The van der Waals surface area contributed by atoms with Crippen molar-refractivity contribution in [1.29, 1.82) is 0 Å². The highest BCUT2D eigenvalue weighted by Gasteiger charge is 2.60. The van der Waals surface area contributed by atoms with Gasteiger partial charge in [0.15, 0.2) is 0 Å². The zero-order valence-electron chi connectivity index (χ0n) is 16.2. The maximum atomic E-state index is 14.3. The predicted molar refractivity (Wildman–Crippen MR) is 104 cm³/mol. The minimum absolute atomic E-state index is 0.0672. The molecular weight excluding hydrogens is 433 g/mol. The Balaban J connectivity index is 1.86. The Bertz CT molecular complexity index is 1460. The molecule has 11 heteroatoms. The topological polar surface area (TPSA) is 69.1 Å². The molecule has 4 aromatic heterocycles. The fourth-order valence-corrected chi connectivity index (χ4v) is 3.47. The number of nitrogens with zero attached hydrogens (tertiary/aromatic N) is 5. The molecule has 0 amide bonds. The van der Waals surface area contributed by atoms with E-state index >= 15 is 0 Å². The first-order valence-electron chi connectivity index (χ1n) is 9.26. The first kappa shape index (κ1) is 20.0. The molecule has 32 heavy (non-hydrogen) atoms. The maximum Gasteiger partial charge on any atom is 0.459 e. The van der Waals surface area contributed by atoms with Gasteiger partial charge >= 0.3 is 12.1 Å². The van der Waals surface area contributed by atoms with Gasteiger partial charge in [0.2, 0.25) is 6.39 Å². The monoisotopic (exact) mass is 445 g/mol. The summed E-state index contributed by atoms with van der Waals surface area (Å²) in [6.45, 7) is 1.79. The average molecular weight is 445 g/mol. The first-order chi connectivity index (χ1) is 15.1. The molecule has 0 bridgehead atoms. The van der Waals surface area contributed by atoms with Gasteiger partial charge in [-0.15, -0.1) is 10.2 Å². The smallest absolute Gasteiger partial charge is 0.422 e. The summed E-state index contributed by atoms with van der Waals surface area (Å²) in [5, 5.41) is 7.68. The minimum atomic E-state index is -5.81. The van der Waals surface area contributed by atoms with Crippen LogP contribution in [-0.4, -0.2) is 30.7 Å². The van der Waals surface area contributed by atoms with Crippen LogP contribution in [0.4, 0.5) is 22.0 Å². The van der Waals surface area contributed by atoms with Crippen molar-refractivity contribution in [1.82, 2.24) is 24.6 Å². The third kappa shape index (κ3) is 3.08. The third-order valence-corrected chi connectivity index (χ3v) is 4.98. The summed E-state index contributed by atoms with van der Waals surface area (Å²) in [6.07, 6.45) is -3.32. The zero-order chi connectivity index (χ0) is 22.7. The molecule has 1 aromatic carbocycles. The highest BCUT2D eigenvalue weighted by atomic mass is 19.4. The highest BCUT2D eigenvalue weighted by Crippen LogP contribution is 2.45. The van der Waals surface area contributed by atoms with E-state index in [4.69, 9.17) is 4.42 Å². The van der Waals surface area contributed by atoms with Crippen LogP contribution >= 0.6 is 0 Å². The highest BCUT2D eigenvalue weighted by molar-refractivity contribution is 5.94. The van der Waals surface area contributed by atoms with E-state index < -0.39 is 17.8 Å². The van der Waals surface area contributed by atoms with Crippen LogP contribution in [0, 0.1) is 6.92 Å². The Morgan fingerprint density at radius 1 is 0.969 bits per heavy atom. The standard InChI is InChI=1S/C21H12F5N5O/c1-11-3-2-4-12(7-11)14-8-16(20(22,23)21(24,25)26)29-18-13(14)5-6-17-28-15(9-31(17)18)19-30-27-10-32-19/h2-10H,1H3. The van der Waals surface area contributed by atoms with Crippen molar-refractivity contribution in [3.63, 3.8) is 0 Å². The van der Waals surface area contributed by atoms with Crippen LogP contribution in [0.2, 0.25) is 0 Å². The summed E-state index contributed by atoms with van der Waals surface area (Å²) in [7, 11) is 0. The molecule has 0 aliphatic heterocycles. The van der Waals surface area contributed by atoms with Crippen LogP contribution in [0.3, 0.4) is 0 Å². The summed E-state index contributed by atoms with van der Waals surface area (Å²) in [5.41, 5.74) is 0.454. The van der Waals surface area contributed by atoms with E-state index in [1.54, 1.807) is 43.3 Å². The molecule has 0 spiro atoms. The van der Waals surface area contributed by atoms with Crippen LogP contribution in [0.1, 0.15) is 11.3 Å². The fourth-order valence-electron chi connectivity index (χ4n) is 3.47.